The van der Waals surface area contributed by atoms with E-state index in [4.69, 9.17) is 13.2 Å². The Morgan fingerprint density at radius 2 is 2.09 bits per heavy atom. The highest BCUT2D eigenvalue weighted by Crippen LogP contribution is 2.39. The van der Waals surface area contributed by atoms with Crippen LogP contribution in [-0.2, 0) is 0 Å². The first-order valence-corrected chi connectivity index (χ1v) is 8.04. The summed E-state index contributed by atoms with van der Waals surface area (Å²) in [6, 6.07) is 9.30. The molecule has 0 bridgehead atoms. The third kappa shape index (κ3) is 2.40. The third-order valence-corrected chi connectivity index (χ3v) is 4.79. The first-order valence-electron chi connectivity index (χ1n) is 10.2. The first kappa shape index (κ1) is 8.70. The summed E-state index contributed by atoms with van der Waals surface area (Å²) in [5, 5.41) is 4.07. The first-order chi connectivity index (χ1) is 13.1. The quantitative estimate of drug-likeness (QED) is 0.807. The molecule has 1 fully saturated rings. The monoisotopic (exact) mass is 318 g/mol. The molecule has 3 heterocycles. The molecule has 0 radical (unpaired) electrons. The summed E-state index contributed by atoms with van der Waals surface area (Å²) in [5.74, 6) is 0.685. The van der Waals surface area contributed by atoms with Crippen molar-refractivity contribution >= 4 is 33.5 Å². The fraction of sp³-hybridized carbons (Fsp3) is 0.353. The average molecular weight is 318 g/mol. The number of amidine groups is 1. The van der Waals surface area contributed by atoms with Crippen molar-refractivity contribution in [1.82, 2.24) is 9.80 Å². The van der Waals surface area contributed by atoms with Crippen molar-refractivity contribution in [1.29, 1.82) is 0 Å². The fourth-order valence-electron chi connectivity index (χ4n) is 2.78. The van der Waals surface area contributed by atoms with E-state index in [0.29, 0.717) is 36.9 Å². The van der Waals surface area contributed by atoms with Gasteiger partial charge in [0.05, 0.1) is 16.9 Å². The second-order valence-electron chi connectivity index (χ2n) is 5.41. The normalized spacial score (nSPS) is 23.3. The number of likely N-dealkylation sites (N-methyl/N-ethyl adjacent to an activating group) is 1. The Kier molecular flexibility index (Phi) is 2.14. The van der Waals surface area contributed by atoms with Gasteiger partial charge >= 0.3 is 0 Å². The van der Waals surface area contributed by atoms with Crippen LogP contribution >= 0.6 is 11.3 Å². The number of thiophene rings is 1. The zero-order chi connectivity index (χ0) is 20.1. The topological polar surface area (TPSA) is 30.9 Å². The molecule has 2 aliphatic heterocycles. The molecular formula is C17H20N4S. The van der Waals surface area contributed by atoms with E-state index in [1.807, 2.05) is 29.2 Å². The number of fused-ring (bicyclic) bond motifs is 2. The van der Waals surface area contributed by atoms with Crippen LogP contribution in [-0.4, -0.2) is 48.8 Å². The molecule has 2 aromatic rings. The number of aryl methyl sites for hydroxylation is 1. The Labute approximate surface area is 143 Å². The second-order valence-corrected chi connectivity index (χ2v) is 6.46. The van der Waals surface area contributed by atoms with Gasteiger partial charge in [0.15, 0.2) is 0 Å². The van der Waals surface area contributed by atoms with E-state index in [9.17, 15) is 0 Å². The van der Waals surface area contributed by atoms with Gasteiger partial charge in [-0.25, -0.2) is 4.99 Å². The molecule has 0 spiro atoms. The number of para-hydroxylation sites is 2. The van der Waals surface area contributed by atoms with E-state index >= 15 is 0 Å². The predicted octanol–water partition coefficient (Wildman–Crippen LogP) is 3.44. The molecule has 114 valence electrons. The molecule has 0 unspecified atom stereocenters. The molecule has 0 saturated carbocycles. The summed E-state index contributed by atoms with van der Waals surface area (Å²) in [5.41, 5.74) is 2.34. The fourth-order valence-corrected chi connectivity index (χ4v) is 3.60. The molecule has 1 aromatic heterocycles. The molecule has 0 aliphatic carbocycles. The van der Waals surface area contributed by atoms with Gasteiger partial charge < -0.3 is 15.1 Å². The van der Waals surface area contributed by atoms with Crippen LogP contribution in [0.3, 0.4) is 0 Å². The number of benzene rings is 1. The highest BCUT2D eigenvalue weighted by atomic mass is 32.1. The molecule has 4 rings (SSSR count). The second kappa shape index (κ2) is 5.41. The van der Waals surface area contributed by atoms with Gasteiger partial charge in [0, 0.05) is 39.3 Å². The number of anilines is 2. The van der Waals surface area contributed by atoms with Crippen LogP contribution in [0.5, 0.6) is 0 Å². The van der Waals surface area contributed by atoms with E-state index in [2.05, 4.69) is 5.32 Å². The largest absolute Gasteiger partial charge is 0.353 e. The number of hydrogen-bond donors (Lipinski definition) is 1. The van der Waals surface area contributed by atoms with Gasteiger partial charge in [-0.1, -0.05) is 12.1 Å². The molecule has 22 heavy (non-hydrogen) atoms. The van der Waals surface area contributed by atoms with E-state index in [1.165, 1.54) is 16.2 Å². The van der Waals surface area contributed by atoms with Gasteiger partial charge in [0.1, 0.15) is 10.8 Å². The number of hydrogen-bond acceptors (Lipinski definition) is 5. The highest BCUT2D eigenvalue weighted by molar-refractivity contribution is 7.16. The van der Waals surface area contributed by atoms with Crippen LogP contribution in [0, 0.1) is 6.85 Å². The van der Waals surface area contributed by atoms with Crippen LogP contribution in [0.1, 0.15) is 18.7 Å². The molecule has 4 nitrogen and oxygen atoms in total. The van der Waals surface area contributed by atoms with Gasteiger partial charge in [0.25, 0.3) is 0 Å². The maximum Gasteiger partial charge on any atom is 0.139 e. The SMILES string of the molecule is [2H]C([2H])([2H])c1cc2c(s1)Nc1ccccc1N=C2N1CCN(C([2H])([2H])[2H])CC1. The van der Waals surface area contributed by atoms with Crippen molar-refractivity contribution in [2.24, 2.45) is 4.99 Å². The maximum absolute atomic E-state index is 7.75. The standard InChI is InChI=1S/C17H20N4S/c1-12-11-13-16(21-9-7-20(2)8-10-21)18-14-5-3-4-6-15(14)19-17(13)22-12/h3-6,11,19H,7-10H2,1-2H3/i1D3,2D3. The smallest absolute Gasteiger partial charge is 0.139 e. The van der Waals surface area contributed by atoms with Gasteiger partial charge in [-0.05, 0) is 32.0 Å². The molecule has 1 aromatic carbocycles. The number of nitrogens with zero attached hydrogens (tertiary/aromatic N) is 3. The van der Waals surface area contributed by atoms with E-state index in [1.54, 1.807) is 6.07 Å². The molecule has 1 N–H and O–H groups in total. The van der Waals surface area contributed by atoms with Crippen LogP contribution in [0.15, 0.2) is 35.3 Å². The lowest BCUT2D eigenvalue weighted by Crippen LogP contribution is -2.47. The Balaban J connectivity index is 1.73. The minimum absolute atomic E-state index is 0.304. The number of rotatable bonds is 0. The van der Waals surface area contributed by atoms with Gasteiger partial charge in [0.2, 0.25) is 0 Å². The summed E-state index contributed by atoms with van der Waals surface area (Å²) in [7, 11) is 0. The Morgan fingerprint density at radius 1 is 1.23 bits per heavy atom. The number of piperazine rings is 1. The Bertz CT molecular complexity index is 909. The molecule has 2 aliphatic rings. The minimum Gasteiger partial charge on any atom is -0.353 e. The third-order valence-electron chi connectivity index (χ3n) is 3.93. The van der Waals surface area contributed by atoms with E-state index < -0.39 is 13.8 Å². The van der Waals surface area contributed by atoms with Gasteiger partial charge in [-0.3, -0.25) is 0 Å². The van der Waals surface area contributed by atoms with Crippen molar-refractivity contribution in [2.75, 3.05) is 38.5 Å². The van der Waals surface area contributed by atoms with Crippen molar-refractivity contribution in [3.05, 3.63) is 40.8 Å². The van der Waals surface area contributed by atoms with Gasteiger partial charge in [-0.15, -0.1) is 11.3 Å². The van der Waals surface area contributed by atoms with Crippen LogP contribution in [0.25, 0.3) is 0 Å². The maximum atomic E-state index is 7.75. The minimum atomic E-state index is -2.19. The molecule has 0 amide bonds. The zero-order valence-corrected chi connectivity index (χ0v) is 12.8. The lowest BCUT2D eigenvalue weighted by atomic mass is 10.2. The molecule has 1 saturated heterocycles. The van der Waals surface area contributed by atoms with Crippen LogP contribution in [0.2, 0.25) is 0 Å². The van der Waals surface area contributed by atoms with Crippen molar-refractivity contribution < 1.29 is 8.22 Å². The Morgan fingerprint density at radius 3 is 2.91 bits per heavy atom. The molecular weight excluding hydrogens is 292 g/mol. The average Bonchev–Trinajstić information content (AvgIpc) is 2.98. The van der Waals surface area contributed by atoms with Crippen molar-refractivity contribution in [3.8, 4) is 0 Å². The summed E-state index contributed by atoms with van der Waals surface area (Å²) in [6.45, 7) is -2.47. The highest BCUT2D eigenvalue weighted by Gasteiger charge is 2.25. The van der Waals surface area contributed by atoms with Crippen LogP contribution < -0.4 is 5.32 Å². The number of aliphatic imine (C=N–C) groups is 1. The molecule has 5 heteroatoms. The summed E-state index contributed by atoms with van der Waals surface area (Å²) < 4.78 is 46.0. The summed E-state index contributed by atoms with van der Waals surface area (Å²) in [4.78, 5) is 8.66. The van der Waals surface area contributed by atoms with Crippen molar-refractivity contribution in [3.63, 3.8) is 0 Å². The van der Waals surface area contributed by atoms with E-state index in [-0.39, 0.29) is 0 Å². The van der Waals surface area contributed by atoms with E-state index in [0.717, 1.165) is 21.9 Å². The predicted molar refractivity (Wildman–Crippen MR) is 94.0 cm³/mol. The number of nitrogens with one attached hydrogen (secondary N) is 1. The molecule has 0 atom stereocenters. The summed E-state index contributed by atoms with van der Waals surface area (Å²) in [6.07, 6.45) is 0. The van der Waals surface area contributed by atoms with Crippen LogP contribution in [0.4, 0.5) is 16.4 Å². The Hall–Kier alpha value is -1.85. The zero-order valence-electron chi connectivity index (χ0n) is 18.0. The van der Waals surface area contributed by atoms with Gasteiger partial charge in [-0.2, -0.15) is 0 Å². The summed E-state index contributed by atoms with van der Waals surface area (Å²) >= 11 is 1.21. The lowest BCUT2D eigenvalue weighted by Gasteiger charge is -2.34. The lowest BCUT2D eigenvalue weighted by molar-refractivity contribution is 0.216. The van der Waals surface area contributed by atoms with Crippen molar-refractivity contribution in [2.45, 2.75) is 6.85 Å².